The van der Waals surface area contributed by atoms with E-state index in [4.69, 9.17) is 28.9 Å². The van der Waals surface area contributed by atoms with Crippen LogP contribution in [0.4, 0.5) is 5.69 Å². The van der Waals surface area contributed by atoms with Crippen LogP contribution in [-0.4, -0.2) is 36.5 Å². The van der Waals surface area contributed by atoms with Crippen molar-refractivity contribution in [2.75, 3.05) is 25.0 Å². The standard InChI is InChI=1S/C13H17Cl2N3O/c14-9-5-10(15)7-12(6-9)17-13(19)8-18-3-1-11(16)2-4-18/h5-7,11H,1-4,8,16H2,(H,17,19). The molecule has 0 aromatic heterocycles. The minimum Gasteiger partial charge on any atom is -0.328 e. The number of carbonyl (C=O) groups excluding carboxylic acids is 1. The van der Waals surface area contributed by atoms with Gasteiger partial charge < -0.3 is 11.1 Å². The molecule has 1 fully saturated rings. The van der Waals surface area contributed by atoms with Crippen molar-refractivity contribution in [2.45, 2.75) is 18.9 Å². The summed E-state index contributed by atoms with van der Waals surface area (Å²) in [6.07, 6.45) is 1.88. The highest BCUT2D eigenvalue weighted by molar-refractivity contribution is 6.35. The molecule has 1 saturated heterocycles. The Hall–Kier alpha value is -0.810. The van der Waals surface area contributed by atoms with Gasteiger partial charge in [0.2, 0.25) is 5.91 Å². The van der Waals surface area contributed by atoms with Crippen molar-refractivity contribution in [3.63, 3.8) is 0 Å². The number of nitrogens with zero attached hydrogens (tertiary/aromatic N) is 1. The minimum absolute atomic E-state index is 0.0613. The number of amides is 1. The lowest BCUT2D eigenvalue weighted by Gasteiger charge is -2.29. The van der Waals surface area contributed by atoms with E-state index in [-0.39, 0.29) is 11.9 Å². The highest BCUT2D eigenvalue weighted by atomic mass is 35.5. The first kappa shape index (κ1) is 14.6. The number of nitrogens with one attached hydrogen (secondary N) is 1. The van der Waals surface area contributed by atoms with Crippen LogP contribution in [0.5, 0.6) is 0 Å². The number of rotatable bonds is 3. The molecular weight excluding hydrogens is 285 g/mol. The van der Waals surface area contributed by atoms with Crippen LogP contribution in [0.3, 0.4) is 0 Å². The Morgan fingerprint density at radius 1 is 1.26 bits per heavy atom. The van der Waals surface area contributed by atoms with Gasteiger partial charge in [0.25, 0.3) is 0 Å². The molecule has 19 heavy (non-hydrogen) atoms. The van der Waals surface area contributed by atoms with Gasteiger partial charge in [0.15, 0.2) is 0 Å². The number of benzene rings is 1. The number of hydrogen-bond donors (Lipinski definition) is 2. The van der Waals surface area contributed by atoms with Crippen LogP contribution in [0.25, 0.3) is 0 Å². The Kier molecular flexibility index (Phi) is 5.05. The second-order valence-electron chi connectivity index (χ2n) is 4.82. The second-order valence-corrected chi connectivity index (χ2v) is 5.69. The Morgan fingerprint density at radius 2 is 1.84 bits per heavy atom. The summed E-state index contributed by atoms with van der Waals surface area (Å²) in [7, 11) is 0. The zero-order valence-electron chi connectivity index (χ0n) is 10.5. The predicted molar refractivity (Wildman–Crippen MR) is 78.7 cm³/mol. The summed E-state index contributed by atoms with van der Waals surface area (Å²) >= 11 is 11.8. The molecule has 1 heterocycles. The molecule has 0 unspecified atom stereocenters. The van der Waals surface area contributed by atoms with Gasteiger partial charge in [-0.05, 0) is 31.0 Å². The molecule has 1 aliphatic heterocycles. The summed E-state index contributed by atoms with van der Waals surface area (Å²) in [6.45, 7) is 2.10. The van der Waals surface area contributed by atoms with Crippen molar-refractivity contribution in [1.29, 1.82) is 0 Å². The molecule has 1 aromatic rings. The first-order chi connectivity index (χ1) is 9.02. The normalized spacial score (nSPS) is 17.4. The monoisotopic (exact) mass is 301 g/mol. The van der Waals surface area contributed by atoms with E-state index < -0.39 is 0 Å². The number of nitrogens with two attached hydrogens (primary N) is 1. The lowest BCUT2D eigenvalue weighted by atomic mass is 10.1. The number of likely N-dealkylation sites (tertiary alicyclic amines) is 1. The predicted octanol–water partition coefficient (Wildman–Crippen LogP) is 2.36. The molecular formula is C13H17Cl2N3O. The third-order valence-corrected chi connectivity index (χ3v) is 3.58. The van der Waals surface area contributed by atoms with Gasteiger partial charge in [-0.2, -0.15) is 0 Å². The number of piperidine rings is 1. The van der Waals surface area contributed by atoms with Gasteiger partial charge in [-0.1, -0.05) is 23.2 Å². The first-order valence-electron chi connectivity index (χ1n) is 6.27. The van der Waals surface area contributed by atoms with Crippen molar-refractivity contribution in [2.24, 2.45) is 5.73 Å². The molecule has 0 atom stereocenters. The van der Waals surface area contributed by atoms with E-state index in [0.717, 1.165) is 25.9 Å². The van der Waals surface area contributed by atoms with E-state index in [1.165, 1.54) is 0 Å². The number of carbonyl (C=O) groups is 1. The molecule has 3 N–H and O–H groups in total. The van der Waals surface area contributed by atoms with Gasteiger partial charge in [0, 0.05) is 34.9 Å². The molecule has 4 nitrogen and oxygen atoms in total. The molecule has 1 aliphatic rings. The molecule has 0 saturated carbocycles. The zero-order valence-corrected chi connectivity index (χ0v) is 12.0. The van der Waals surface area contributed by atoms with Crippen LogP contribution in [0.1, 0.15) is 12.8 Å². The summed E-state index contributed by atoms with van der Waals surface area (Å²) in [4.78, 5) is 14.0. The zero-order chi connectivity index (χ0) is 13.8. The van der Waals surface area contributed by atoms with E-state index >= 15 is 0 Å². The third kappa shape index (κ3) is 4.66. The summed E-state index contributed by atoms with van der Waals surface area (Å²) in [5.41, 5.74) is 6.45. The SMILES string of the molecule is NC1CCN(CC(=O)Nc2cc(Cl)cc(Cl)c2)CC1. The molecule has 0 radical (unpaired) electrons. The van der Waals surface area contributed by atoms with Crippen LogP contribution in [0.15, 0.2) is 18.2 Å². The average Bonchev–Trinajstić information content (AvgIpc) is 2.30. The molecule has 0 spiro atoms. The van der Waals surface area contributed by atoms with Gasteiger partial charge in [-0.3, -0.25) is 9.69 Å². The van der Waals surface area contributed by atoms with Gasteiger partial charge in [0.1, 0.15) is 0 Å². The van der Waals surface area contributed by atoms with E-state index in [2.05, 4.69) is 10.2 Å². The maximum absolute atomic E-state index is 11.9. The van der Waals surface area contributed by atoms with E-state index in [1.807, 2.05) is 0 Å². The summed E-state index contributed by atoms with van der Waals surface area (Å²) in [6, 6.07) is 5.26. The Morgan fingerprint density at radius 3 is 2.42 bits per heavy atom. The largest absolute Gasteiger partial charge is 0.328 e. The maximum atomic E-state index is 11.9. The number of hydrogen-bond acceptors (Lipinski definition) is 3. The van der Waals surface area contributed by atoms with Crippen molar-refractivity contribution < 1.29 is 4.79 Å². The lowest BCUT2D eigenvalue weighted by molar-refractivity contribution is -0.117. The molecule has 6 heteroatoms. The van der Waals surface area contributed by atoms with Crippen molar-refractivity contribution in [3.8, 4) is 0 Å². The van der Waals surface area contributed by atoms with E-state index in [0.29, 0.717) is 22.3 Å². The van der Waals surface area contributed by atoms with Crippen molar-refractivity contribution in [1.82, 2.24) is 4.90 Å². The molecule has 2 rings (SSSR count). The molecule has 1 amide bonds. The summed E-state index contributed by atoms with van der Waals surface area (Å²) < 4.78 is 0. The Balaban J connectivity index is 1.87. The van der Waals surface area contributed by atoms with Crippen molar-refractivity contribution in [3.05, 3.63) is 28.2 Å². The lowest BCUT2D eigenvalue weighted by Crippen LogP contribution is -2.43. The van der Waals surface area contributed by atoms with Gasteiger partial charge in [0.05, 0.1) is 6.54 Å². The van der Waals surface area contributed by atoms with Crippen LogP contribution in [-0.2, 0) is 4.79 Å². The van der Waals surface area contributed by atoms with Gasteiger partial charge in [-0.25, -0.2) is 0 Å². The molecule has 0 aliphatic carbocycles. The molecule has 0 bridgehead atoms. The number of halogens is 2. The molecule has 1 aromatic carbocycles. The fourth-order valence-corrected chi connectivity index (χ4v) is 2.67. The second kappa shape index (κ2) is 6.57. The van der Waals surface area contributed by atoms with E-state index in [1.54, 1.807) is 18.2 Å². The van der Waals surface area contributed by atoms with Crippen molar-refractivity contribution >= 4 is 34.8 Å². The van der Waals surface area contributed by atoms with Crippen LogP contribution < -0.4 is 11.1 Å². The molecule has 104 valence electrons. The quantitative estimate of drug-likeness (QED) is 0.901. The van der Waals surface area contributed by atoms with Gasteiger partial charge >= 0.3 is 0 Å². The van der Waals surface area contributed by atoms with Crippen LogP contribution in [0.2, 0.25) is 10.0 Å². The van der Waals surface area contributed by atoms with Crippen LogP contribution >= 0.6 is 23.2 Å². The fraction of sp³-hybridized carbons (Fsp3) is 0.462. The van der Waals surface area contributed by atoms with E-state index in [9.17, 15) is 4.79 Å². The highest BCUT2D eigenvalue weighted by Gasteiger charge is 2.18. The first-order valence-corrected chi connectivity index (χ1v) is 7.02. The topological polar surface area (TPSA) is 58.4 Å². The van der Waals surface area contributed by atoms with Gasteiger partial charge in [-0.15, -0.1) is 0 Å². The Labute approximate surface area is 122 Å². The smallest absolute Gasteiger partial charge is 0.238 e. The highest BCUT2D eigenvalue weighted by Crippen LogP contribution is 2.22. The average molecular weight is 302 g/mol. The summed E-state index contributed by atoms with van der Waals surface area (Å²) in [5.74, 6) is -0.0613. The van der Waals surface area contributed by atoms with Crippen LogP contribution in [0, 0.1) is 0 Å². The number of anilines is 1. The maximum Gasteiger partial charge on any atom is 0.238 e. The Bertz CT molecular complexity index is 439. The third-order valence-electron chi connectivity index (χ3n) is 3.15. The fourth-order valence-electron chi connectivity index (χ4n) is 2.14. The minimum atomic E-state index is -0.0613. The summed E-state index contributed by atoms with van der Waals surface area (Å²) in [5, 5.41) is 3.81.